The molecule has 2 heterocycles. The Morgan fingerprint density at radius 3 is 2.71 bits per heavy atom. The molecule has 3 aromatic rings. The number of rotatable bonds is 3. The van der Waals surface area contributed by atoms with Crippen LogP contribution >= 0.6 is 11.3 Å². The zero-order valence-electron chi connectivity index (χ0n) is 11.6. The summed E-state index contributed by atoms with van der Waals surface area (Å²) in [6.07, 6.45) is 3.43. The van der Waals surface area contributed by atoms with Gasteiger partial charge in [-0.2, -0.15) is 0 Å². The summed E-state index contributed by atoms with van der Waals surface area (Å²) in [6.45, 7) is 2.55. The van der Waals surface area contributed by atoms with Gasteiger partial charge in [0.05, 0.1) is 10.4 Å². The van der Waals surface area contributed by atoms with Gasteiger partial charge >= 0.3 is 0 Å². The lowest BCUT2D eigenvalue weighted by molar-refractivity contribution is 0.0993. The minimum Gasteiger partial charge on any atom is -0.397 e. The van der Waals surface area contributed by atoms with Gasteiger partial charge in [0.25, 0.3) is 5.91 Å². The predicted molar refractivity (Wildman–Crippen MR) is 87.8 cm³/mol. The molecule has 3 rings (SSSR count). The number of fused-ring (bicyclic) bond motifs is 1. The highest BCUT2D eigenvalue weighted by Crippen LogP contribution is 2.34. The van der Waals surface area contributed by atoms with Crippen LogP contribution < -0.4 is 10.6 Å². The first-order valence-electron chi connectivity index (χ1n) is 6.71. The monoisotopic (exact) mass is 297 g/mol. The van der Waals surface area contributed by atoms with Crippen LogP contribution in [0.5, 0.6) is 0 Å². The van der Waals surface area contributed by atoms with Crippen LogP contribution in [-0.2, 0) is 0 Å². The average Bonchev–Trinajstić information content (AvgIpc) is 2.87. The van der Waals surface area contributed by atoms with E-state index in [0.29, 0.717) is 17.1 Å². The Balaban J connectivity index is 2.05. The number of anilines is 2. The highest BCUT2D eigenvalue weighted by atomic mass is 32.1. The average molecular weight is 297 g/mol. The minimum atomic E-state index is -0.0672. The van der Waals surface area contributed by atoms with E-state index >= 15 is 0 Å². The number of para-hydroxylation sites is 1. The van der Waals surface area contributed by atoms with Gasteiger partial charge in [-0.25, -0.2) is 0 Å². The van der Waals surface area contributed by atoms with Crippen LogP contribution in [0.4, 0.5) is 11.4 Å². The minimum absolute atomic E-state index is 0.0672. The first-order chi connectivity index (χ1) is 10.2. The topological polar surface area (TPSA) is 59.2 Å². The molecule has 4 nitrogen and oxygen atoms in total. The molecule has 106 valence electrons. The number of pyridine rings is 1. The fourth-order valence-corrected chi connectivity index (χ4v) is 3.34. The SMILES string of the molecule is CCN(C(=O)c1sc2cnccc2c1N)c1ccccc1. The van der Waals surface area contributed by atoms with Gasteiger partial charge in [-0.05, 0) is 25.1 Å². The molecule has 0 fully saturated rings. The number of carbonyl (C=O) groups is 1. The van der Waals surface area contributed by atoms with E-state index < -0.39 is 0 Å². The zero-order valence-corrected chi connectivity index (χ0v) is 12.4. The summed E-state index contributed by atoms with van der Waals surface area (Å²) in [5.74, 6) is -0.0672. The second-order valence-corrected chi connectivity index (χ2v) is 5.65. The molecule has 0 aliphatic carbocycles. The second-order valence-electron chi connectivity index (χ2n) is 4.60. The van der Waals surface area contributed by atoms with Crippen LogP contribution in [0.15, 0.2) is 48.8 Å². The van der Waals surface area contributed by atoms with Crippen LogP contribution in [-0.4, -0.2) is 17.4 Å². The Labute approximate surface area is 126 Å². The lowest BCUT2D eigenvalue weighted by atomic mass is 10.2. The molecule has 0 spiro atoms. The number of nitrogens with two attached hydrogens (primary N) is 1. The summed E-state index contributed by atoms with van der Waals surface area (Å²) in [5, 5.41) is 0.891. The number of hydrogen-bond acceptors (Lipinski definition) is 4. The van der Waals surface area contributed by atoms with Crippen molar-refractivity contribution in [3.05, 3.63) is 53.7 Å². The van der Waals surface area contributed by atoms with Gasteiger partial charge in [0, 0.05) is 30.0 Å². The molecular formula is C16H15N3OS. The Hall–Kier alpha value is -2.40. The van der Waals surface area contributed by atoms with Crippen molar-refractivity contribution in [2.24, 2.45) is 0 Å². The molecule has 0 aliphatic rings. The van der Waals surface area contributed by atoms with Crippen molar-refractivity contribution >= 4 is 38.7 Å². The summed E-state index contributed by atoms with van der Waals surface area (Å²) in [5.41, 5.74) is 7.56. The fourth-order valence-electron chi connectivity index (χ4n) is 2.30. The molecule has 2 N–H and O–H groups in total. The third-order valence-electron chi connectivity index (χ3n) is 3.35. The zero-order chi connectivity index (χ0) is 14.8. The van der Waals surface area contributed by atoms with Crippen LogP contribution in [0.1, 0.15) is 16.6 Å². The third kappa shape index (κ3) is 2.36. The van der Waals surface area contributed by atoms with Gasteiger partial charge in [0.15, 0.2) is 0 Å². The highest BCUT2D eigenvalue weighted by Gasteiger charge is 2.22. The van der Waals surface area contributed by atoms with E-state index in [4.69, 9.17) is 5.73 Å². The molecule has 1 amide bonds. The van der Waals surface area contributed by atoms with Crippen molar-refractivity contribution in [2.45, 2.75) is 6.92 Å². The molecular weight excluding hydrogens is 282 g/mol. The maximum Gasteiger partial charge on any atom is 0.270 e. The molecule has 21 heavy (non-hydrogen) atoms. The Morgan fingerprint density at radius 2 is 2.05 bits per heavy atom. The number of benzene rings is 1. The second kappa shape index (κ2) is 5.54. The number of thiophene rings is 1. The van der Waals surface area contributed by atoms with Gasteiger partial charge in [0.2, 0.25) is 0 Å². The molecule has 0 saturated heterocycles. The van der Waals surface area contributed by atoms with Crippen molar-refractivity contribution in [3.8, 4) is 0 Å². The summed E-state index contributed by atoms with van der Waals surface area (Å²) in [4.78, 5) is 19.2. The van der Waals surface area contributed by atoms with E-state index in [1.165, 1.54) is 11.3 Å². The lowest BCUT2D eigenvalue weighted by Gasteiger charge is -2.20. The maximum atomic E-state index is 12.8. The number of amides is 1. The molecule has 0 unspecified atom stereocenters. The van der Waals surface area contributed by atoms with E-state index in [1.807, 2.05) is 43.3 Å². The smallest absolute Gasteiger partial charge is 0.270 e. The maximum absolute atomic E-state index is 12.8. The van der Waals surface area contributed by atoms with Crippen LogP contribution in [0, 0.1) is 0 Å². The quantitative estimate of drug-likeness (QED) is 0.804. The number of nitrogens with zero attached hydrogens (tertiary/aromatic N) is 2. The van der Waals surface area contributed by atoms with Gasteiger partial charge in [-0.3, -0.25) is 9.78 Å². The molecule has 0 aliphatic heterocycles. The number of carbonyl (C=O) groups excluding carboxylic acids is 1. The number of aromatic nitrogens is 1. The van der Waals surface area contributed by atoms with Crippen molar-refractivity contribution in [3.63, 3.8) is 0 Å². The van der Waals surface area contributed by atoms with Crippen molar-refractivity contribution in [2.75, 3.05) is 17.2 Å². The number of nitrogen functional groups attached to an aromatic ring is 1. The molecule has 0 bridgehead atoms. The first-order valence-corrected chi connectivity index (χ1v) is 7.53. The van der Waals surface area contributed by atoms with Crippen LogP contribution in [0.2, 0.25) is 0 Å². The molecule has 0 atom stereocenters. The Bertz CT molecular complexity index is 783. The van der Waals surface area contributed by atoms with Gasteiger partial charge in [0.1, 0.15) is 4.88 Å². The summed E-state index contributed by atoms with van der Waals surface area (Å²) < 4.78 is 0.933. The van der Waals surface area contributed by atoms with E-state index in [-0.39, 0.29) is 5.91 Å². The van der Waals surface area contributed by atoms with E-state index in [9.17, 15) is 4.79 Å². The van der Waals surface area contributed by atoms with E-state index in [1.54, 1.807) is 17.3 Å². The molecule has 1 aromatic carbocycles. The predicted octanol–water partition coefficient (Wildman–Crippen LogP) is 3.55. The highest BCUT2D eigenvalue weighted by molar-refractivity contribution is 7.21. The largest absolute Gasteiger partial charge is 0.397 e. The molecule has 2 aromatic heterocycles. The molecule has 0 radical (unpaired) electrons. The molecule has 5 heteroatoms. The normalized spacial score (nSPS) is 10.7. The summed E-state index contributed by atoms with van der Waals surface area (Å²) in [7, 11) is 0. The first kappa shape index (κ1) is 13.6. The molecule has 0 saturated carbocycles. The third-order valence-corrected chi connectivity index (χ3v) is 4.50. The van der Waals surface area contributed by atoms with E-state index in [0.717, 1.165) is 15.8 Å². The summed E-state index contributed by atoms with van der Waals surface area (Å²) >= 11 is 1.39. The van der Waals surface area contributed by atoms with Crippen molar-refractivity contribution in [1.29, 1.82) is 0 Å². The lowest BCUT2D eigenvalue weighted by Crippen LogP contribution is -2.30. The van der Waals surface area contributed by atoms with Crippen LogP contribution in [0.25, 0.3) is 10.1 Å². The Kier molecular flexibility index (Phi) is 3.58. The van der Waals surface area contributed by atoms with Crippen molar-refractivity contribution in [1.82, 2.24) is 4.98 Å². The summed E-state index contributed by atoms with van der Waals surface area (Å²) in [6, 6.07) is 11.5. The number of hydrogen-bond donors (Lipinski definition) is 1. The van der Waals surface area contributed by atoms with Gasteiger partial charge in [-0.15, -0.1) is 11.3 Å². The van der Waals surface area contributed by atoms with Gasteiger partial charge < -0.3 is 10.6 Å². The fraction of sp³-hybridized carbons (Fsp3) is 0.125. The van der Waals surface area contributed by atoms with Gasteiger partial charge in [-0.1, -0.05) is 18.2 Å². The van der Waals surface area contributed by atoms with Crippen LogP contribution in [0.3, 0.4) is 0 Å². The standard InChI is InChI=1S/C16H15N3OS/c1-2-19(11-6-4-3-5-7-11)16(20)15-14(17)12-8-9-18-10-13(12)21-15/h3-10H,2,17H2,1H3. The van der Waals surface area contributed by atoms with E-state index in [2.05, 4.69) is 4.98 Å². The Morgan fingerprint density at radius 1 is 1.29 bits per heavy atom. The van der Waals surface area contributed by atoms with Crippen molar-refractivity contribution < 1.29 is 4.79 Å².